The summed E-state index contributed by atoms with van der Waals surface area (Å²) in [5.74, 6) is 3.65. The van der Waals surface area contributed by atoms with Crippen molar-refractivity contribution in [1.29, 1.82) is 5.26 Å². The summed E-state index contributed by atoms with van der Waals surface area (Å²) in [6.07, 6.45) is 18.2. The number of amides is 1. The zero-order valence-corrected chi connectivity index (χ0v) is 34.2. The zero-order chi connectivity index (χ0) is 37.3. The van der Waals surface area contributed by atoms with E-state index in [1.54, 1.807) is 11.8 Å². The van der Waals surface area contributed by atoms with Gasteiger partial charge in [0.25, 0.3) is 0 Å². The molecular formula is C43H70N4O3S. The molecular weight excluding hydrogens is 653 g/mol. The standard InChI is InChI=1S/C43H70N4O3S/c1-30(2)32-14-19-43(46-22-23-47-24-26-51(49,50)27-25-47)21-20-41(8)33(37(32)43)10-11-35-40(7)17-13-31(12-16-38(3,4)28-36(48)45-29-44)39(5,6)34(40)15-18-42(35,41)9/h13,32-35,37,46H,1,10-12,14-28H2,2-9H3,(H,45,48)/t32-,33+,34-,35+,37+,40-,41+,42+,43-/m0/s1. The fourth-order valence-corrected chi connectivity index (χ4v) is 15.4. The van der Waals surface area contributed by atoms with Crippen molar-refractivity contribution in [3.8, 4) is 6.19 Å². The van der Waals surface area contributed by atoms with E-state index < -0.39 is 9.84 Å². The molecule has 1 heterocycles. The first-order valence-corrected chi connectivity index (χ1v) is 22.3. The fourth-order valence-electron chi connectivity index (χ4n) is 14.1. The molecule has 0 aromatic heterocycles. The van der Waals surface area contributed by atoms with Crippen LogP contribution in [0.3, 0.4) is 0 Å². The molecule has 0 bridgehead atoms. The van der Waals surface area contributed by atoms with Crippen LogP contribution in [0.5, 0.6) is 0 Å². The Bertz CT molecular complexity index is 1550. The van der Waals surface area contributed by atoms with Crippen LogP contribution in [-0.4, -0.2) is 62.4 Å². The second-order valence-corrected chi connectivity index (χ2v) is 22.7. The molecule has 0 unspecified atom stereocenters. The van der Waals surface area contributed by atoms with Gasteiger partial charge in [-0.1, -0.05) is 72.3 Å². The third-order valence-corrected chi connectivity index (χ3v) is 18.7. The number of nitrogens with one attached hydrogen (secondary N) is 2. The Morgan fingerprint density at radius 3 is 2.37 bits per heavy atom. The molecule has 1 aliphatic heterocycles. The minimum Gasteiger partial charge on any atom is -0.310 e. The van der Waals surface area contributed by atoms with E-state index in [2.05, 4.69) is 83.6 Å². The van der Waals surface area contributed by atoms with Gasteiger partial charge in [-0.05, 0) is 134 Å². The molecule has 4 saturated carbocycles. The van der Waals surface area contributed by atoms with Gasteiger partial charge in [-0.3, -0.25) is 10.1 Å². The largest absolute Gasteiger partial charge is 0.310 e. The average Bonchev–Trinajstić information content (AvgIpc) is 3.41. The molecule has 1 amide bonds. The molecule has 0 spiro atoms. The van der Waals surface area contributed by atoms with Crippen molar-refractivity contribution in [2.45, 2.75) is 138 Å². The van der Waals surface area contributed by atoms with Gasteiger partial charge in [0.15, 0.2) is 16.0 Å². The van der Waals surface area contributed by atoms with Crippen molar-refractivity contribution in [2.24, 2.45) is 56.7 Å². The van der Waals surface area contributed by atoms with Crippen LogP contribution in [-0.2, 0) is 14.6 Å². The van der Waals surface area contributed by atoms with Gasteiger partial charge in [0.2, 0.25) is 5.91 Å². The van der Waals surface area contributed by atoms with E-state index in [0.717, 1.165) is 32.4 Å². The number of rotatable bonds is 10. The summed E-state index contributed by atoms with van der Waals surface area (Å²) in [4.78, 5) is 14.6. The van der Waals surface area contributed by atoms with E-state index in [1.165, 1.54) is 56.9 Å². The monoisotopic (exact) mass is 723 g/mol. The molecule has 5 aliphatic carbocycles. The summed E-state index contributed by atoms with van der Waals surface area (Å²) in [5.41, 5.74) is 3.95. The second kappa shape index (κ2) is 13.6. The average molecular weight is 723 g/mol. The van der Waals surface area contributed by atoms with Crippen LogP contribution in [0.1, 0.15) is 132 Å². The lowest BCUT2D eigenvalue weighted by Gasteiger charge is -2.72. The van der Waals surface area contributed by atoms with Crippen LogP contribution in [0.25, 0.3) is 0 Å². The van der Waals surface area contributed by atoms with Gasteiger partial charge in [0.1, 0.15) is 0 Å². The number of nitrogens with zero attached hydrogens (tertiary/aromatic N) is 2. The molecule has 7 nitrogen and oxygen atoms in total. The summed E-state index contributed by atoms with van der Waals surface area (Å²) >= 11 is 0. The zero-order valence-electron chi connectivity index (χ0n) is 33.4. The van der Waals surface area contributed by atoms with E-state index in [4.69, 9.17) is 5.26 Å². The highest BCUT2D eigenvalue weighted by atomic mass is 32.2. The number of hydrogen-bond donors (Lipinski definition) is 2. The van der Waals surface area contributed by atoms with Gasteiger partial charge in [0, 0.05) is 38.1 Å². The predicted molar refractivity (Wildman–Crippen MR) is 207 cm³/mol. The van der Waals surface area contributed by atoms with Crippen molar-refractivity contribution >= 4 is 15.7 Å². The molecule has 2 N–H and O–H groups in total. The van der Waals surface area contributed by atoms with Crippen molar-refractivity contribution in [2.75, 3.05) is 37.7 Å². The first-order valence-electron chi connectivity index (χ1n) is 20.4. The molecule has 0 radical (unpaired) electrons. The highest BCUT2D eigenvalue weighted by Crippen LogP contribution is 2.76. The smallest absolute Gasteiger partial charge is 0.233 e. The van der Waals surface area contributed by atoms with Gasteiger partial charge in [0.05, 0.1) is 11.5 Å². The van der Waals surface area contributed by atoms with Crippen LogP contribution in [0, 0.1) is 68.1 Å². The molecule has 6 rings (SSSR count). The normalized spacial score (nSPS) is 41.5. The molecule has 1 saturated heterocycles. The maximum atomic E-state index is 12.2. The van der Waals surface area contributed by atoms with Crippen LogP contribution >= 0.6 is 0 Å². The van der Waals surface area contributed by atoms with Crippen molar-refractivity contribution < 1.29 is 13.2 Å². The predicted octanol–water partition coefficient (Wildman–Crippen LogP) is 8.05. The Morgan fingerprint density at radius 1 is 1.00 bits per heavy atom. The number of hydrogen-bond acceptors (Lipinski definition) is 6. The Morgan fingerprint density at radius 2 is 1.71 bits per heavy atom. The summed E-state index contributed by atoms with van der Waals surface area (Å²) in [5, 5.41) is 15.4. The molecule has 0 aromatic rings. The van der Waals surface area contributed by atoms with E-state index in [1.807, 2.05) is 0 Å². The SMILES string of the molecule is C=C(C)[C@@H]1CC[C@]2(NCCN3CCS(=O)(=O)CC3)CC[C@]3(C)[C@H](CC[C@@H]4[C@@]5(C)CC=C(CCC(C)(C)CC(=O)NC#N)C(C)(C)[C@@H]5CC[C@]43C)[C@@H]12. The highest BCUT2D eigenvalue weighted by Gasteiger charge is 2.70. The molecule has 6 aliphatic rings. The Labute approximate surface area is 311 Å². The topological polar surface area (TPSA) is 102 Å². The first-order chi connectivity index (χ1) is 23.7. The van der Waals surface area contributed by atoms with Crippen molar-refractivity contribution in [3.63, 3.8) is 0 Å². The maximum absolute atomic E-state index is 12.2. The summed E-state index contributed by atoms with van der Waals surface area (Å²) < 4.78 is 24.1. The number of carbonyl (C=O) groups excluding carboxylic acids is 1. The van der Waals surface area contributed by atoms with Crippen LogP contribution in [0.2, 0.25) is 0 Å². The molecule has 5 fully saturated rings. The third kappa shape index (κ3) is 6.70. The van der Waals surface area contributed by atoms with Gasteiger partial charge in [-0.15, -0.1) is 0 Å². The highest BCUT2D eigenvalue weighted by molar-refractivity contribution is 7.91. The minimum atomic E-state index is -2.86. The number of carbonyl (C=O) groups is 1. The minimum absolute atomic E-state index is 0.123. The first kappa shape index (κ1) is 39.0. The molecule has 0 aromatic carbocycles. The van der Waals surface area contributed by atoms with Gasteiger partial charge >= 0.3 is 0 Å². The van der Waals surface area contributed by atoms with Gasteiger partial charge < -0.3 is 10.2 Å². The molecule has 8 heteroatoms. The van der Waals surface area contributed by atoms with Gasteiger partial charge in [-0.25, -0.2) is 8.42 Å². The molecule has 286 valence electrons. The van der Waals surface area contributed by atoms with E-state index in [-0.39, 0.29) is 27.7 Å². The van der Waals surface area contributed by atoms with Crippen LogP contribution < -0.4 is 10.6 Å². The summed E-state index contributed by atoms with van der Waals surface area (Å²) in [6, 6.07) is 0. The lowest BCUT2D eigenvalue weighted by atomic mass is 9.33. The lowest BCUT2D eigenvalue weighted by Crippen LogP contribution is -2.68. The molecule has 51 heavy (non-hydrogen) atoms. The van der Waals surface area contributed by atoms with Gasteiger partial charge in [-0.2, -0.15) is 5.26 Å². The van der Waals surface area contributed by atoms with Crippen LogP contribution in [0.15, 0.2) is 23.8 Å². The van der Waals surface area contributed by atoms with Crippen LogP contribution in [0.4, 0.5) is 0 Å². The number of allylic oxidation sites excluding steroid dienone is 3. The Balaban J connectivity index is 1.20. The summed E-state index contributed by atoms with van der Waals surface area (Å²) in [6.45, 7) is 27.6. The Hall–Kier alpha value is -1.69. The Kier molecular flexibility index (Phi) is 10.4. The second-order valence-electron chi connectivity index (χ2n) is 20.4. The fraction of sp³-hybridized carbons (Fsp3) is 0.860. The van der Waals surface area contributed by atoms with E-state index in [0.29, 0.717) is 71.4 Å². The number of sulfone groups is 1. The maximum Gasteiger partial charge on any atom is 0.233 e. The lowest BCUT2D eigenvalue weighted by molar-refractivity contribution is -0.221. The van der Waals surface area contributed by atoms with E-state index in [9.17, 15) is 13.2 Å². The summed E-state index contributed by atoms with van der Waals surface area (Å²) in [7, 11) is -2.86. The van der Waals surface area contributed by atoms with E-state index >= 15 is 0 Å². The molecule has 9 atom stereocenters. The third-order valence-electron chi connectivity index (χ3n) is 17.1. The number of fused-ring (bicyclic) bond motifs is 7. The number of nitriles is 1. The quantitative estimate of drug-likeness (QED) is 0.135. The van der Waals surface area contributed by atoms with Crippen molar-refractivity contribution in [1.82, 2.24) is 15.5 Å². The van der Waals surface area contributed by atoms with Crippen molar-refractivity contribution in [3.05, 3.63) is 23.8 Å².